The Hall–Kier alpha value is -1.20. The van der Waals surface area contributed by atoms with Gasteiger partial charge in [0.15, 0.2) is 6.29 Å². The Labute approximate surface area is 100 Å². The maximum Gasteiger partial charge on any atom is 0.168 e. The zero-order valence-electron chi connectivity index (χ0n) is 9.82. The van der Waals surface area contributed by atoms with E-state index in [1.807, 2.05) is 4.68 Å². The molecule has 0 aliphatic carbocycles. The first-order chi connectivity index (χ1) is 8.40. The molecule has 0 amide bonds. The largest absolute Gasteiger partial charge is 0.381 e. The van der Waals surface area contributed by atoms with Crippen LogP contribution in [0, 0.1) is 0 Å². The van der Waals surface area contributed by atoms with E-state index in [4.69, 9.17) is 4.74 Å². The molecule has 0 spiro atoms. The average molecular weight is 235 g/mol. The zero-order valence-corrected chi connectivity index (χ0v) is 9.82. The third kappa shape index (κ3) is 1.89. The first kappa shape index (κ1) is 10.9. The van der Waals surface area contributed by atoms with E-state index in [-0.39, 0.29) is 0 Å². The second-order valence-electron chi connectivity index (χ2n) is 4.64. The van der Waals surface area contributed by atoms with Gasteiger partial charge in [0.1, 0.15) is 5.69 Å². The number of carbonyl (C=O) groups excluding carboxylic acids is 1. The molecule has 5 nitrogen and oxygen atoms in total. The summed E-state index contributed by atoms with van der Waals surface area (Å²) < 4.78 is 7.29. The molecule has 1 saturated heterocycles. The summed E-state index contributed by atoms with van der Waals surface area (Å²) in [5.41, 5.74) is 2.98. The monoisotopic (exact) mass is 235 g/mol. The molecular weight excluding hydrogens is 218 g/mol. The van der Waals surface area contributed by atoms with Gasteiger partial charge in [-0.25, -0.2) is 0 Å². The highest BCUT2D eigenvalue weighted by atomic mass is 16.5. The molecule has 0 saturated carbocycles. The van der Waals surface area contributed by atoms with Crippen molar-refractivity contribution in [2.45, 2.75) is 31.8 Å². The lowest BCUT2D eigenvalue weighted by atomic mass is 10.1. The van der Waals surface area contributed by atoms with Gasteiger partial charge in [0.2, 0.25) is 0 Å². The molecule has 2 aliphatic heterocycles. The van der Waals surface area contributed by atoms with Crippen LogP contribution < -0.4 is 5.32 Å². The molecule has 0 unspecified atom stereocenters. The van der Waals surface area contributed by atoms with Crippen LogP contribution in [0.15, 0.2) is 0 Å². The van der Waals surface area contributed by atoms with E-state index in [1.54, 1.807) is 0 Å². The molecule has 92 valence electrons. The summed E-state index contributed by atoms with van der Waals surface area (Å²) in [6, 6.07) is 0.328. The lowest BCUT2D eigenvalue weighted by Crippen LogP contribution is -2.23. The summed E-state index contributed by atoms with van der Waals surface area (Å²) in [5.74, 6) is 0. The van der Waals surface area contributed by atoms with Crippen molar-refractivity contribution in [1.29, 1.82) is 0 Å². The number of aromatic nitrogens is 2. The Morgan fingerprint density at radius 2 is 2.24 bits per heavy atom. The van der Waals surface area contributed by atoms with Crippen LogP contribution in [-0.2, 0) is 17.7 Å². The minimum absolute atomic E-state index is 0.328. The van der Waals surface area contributed by atoms with Crippen molar-refractivity contribution < 1.29 is 9.53 Å². The summed E-state index contributed by atoms with van der Waals surface area (Å²) in [6.07, 6.45) is 3.78. The van der Waals surface area contributed by atoms with Crippen molar-refractivity contribution in [2.24, 2.45) is 0 Å². The Morgan fingerprint density at radius 1 is 1.41 bits per heavy atom. The summed E-state index contributed by atoms with van der Waals surface area (Å²) in [6.45, 7) is 3.26. The third-order valence-electron chi connectivity index (χ3n) is 3.63. The highest BCUT2D eigenvalue weighted by Gasteiger charge is 2.25. The number of fused-ring (bicyclic) bond motifs is 1. The smallest absolute Gasteiger partial charge is 0.168 e. The van der Waals surface area contributed by atoms with Gasteiger partial charge in [0.25, 0.3) is 0 Å². The Balaban J connectivity index is 1.97. The van der Waals surface area contributed by atoms with Gasteiger partial charge in [0, 0.05) is 25.3 Å². The van der Waals surface area contributed by atoms with Gasteiger partial charge in [-0.3, -0.25) is 9.48 Å². The second kappa shape index (κ2) is 4.58. The Morgan fingerprint density at radius 3 is 3.00 bits per heavy atom. The van der Waals surface area contributed by atoms with Crippen molar-refractivity contribution in [2.75, 3.05) is 19.8 Å². The van der Waals surface area contributed by atoms with Crippen LogP contribution in [-0.4, -0.2) is 35.8 Å². The fraction of sp³-hybridized carbons (Fsp3) is 0.667. The number of rotatable bonds is 2. The fourth-order valence-electron chi connectivity index (χ4n) is 2.70. The number of aldehydes is 1. The van der Waals surface area contributed by atoms with Crippen LogP contribution in [0.3, 0.4) is 0 Å². The topological polar surface area (TPSA) is 56.2 Å². The normalized spacial score (nSPS) is 21.2. The van der Waals surface area contributed by atoms with Gasteiger partial charge in [-0.1, -0.05) is 0 Å². The van der Waals surface area contributed by atoms with E-state index in [0.29, 0.717) is 6.04 Å². The number of carbonyl (C=O) groups is 1. The highest BCUT2D eigenvalue weighted by Crippen LogP contribution is 2.25. The van der Waals surface area contributed by atoms with Crippen LogP contribution in [0.5, 0.6) is 0 Å². The van der Waals surface area contributed by atoms with Crippen molar-refractivity contribution in [3.05, 3.63) is 17.0 Å². The van der Waals surface area contributed by atoms with E-state index in [0.717, 1.165) is 68.8 Å². The van der Waals surface area contributed by atoms with Crippen LogP contribution in [0.25, 0.3) is 0 Å². The molecule has 0 aromatic carbocycles. The second-order valence-corrected chi connectivity index (χ2v) is 4.64. The van der Waals surface area contributed by atoms with E-state index >= 15 is 0 Å². The molecular formula is C12H17N3O2. The number of hydrogen-bond acceptors (Lipinski definition) is 4. The highest BCUT2D eigenvalue weighted by molar-refractivity contribution is 5.75. The summed E-state index contributed by atoms with van der Waals surface area (Å²) in [5, 5.41) is 7.90. The number of nitrogens with zero attached hydrogens (tertiary/aromatic N) is 2. The molecule has 5 heteroatoms. The molecule has 1 aromatic heterocycles. The predicted octanol–water partition coefficient (Wildman–Crippen LogP) is 0.693. The van der Waals surface area contributed by atoms with Gasteiger partial charge in [-0.2, -0.15) is 5.10 Å². The number of ether oxygens (including phenoxy) is 1. The standard InChI is InChI=1S/C12H17N3O2/c16-8-12-10-1-4-13-7-11(10)14-15(12)9-2-5-17-6-3-9/h8-9,13H,1-7H2. The maximum absolute atomic E-state index is 11.3. The molecule has 3 rings (SSSR count). The van der Waals surface area contributed by atoms with E-state index in [9.17, 15) is 4.79 Å². The molecule has 1 fully saturated rings. The third-order valence-corrected chi connectivity index (χ3v) is 3.63. The molecule has 17 heavy (non-hydrogen) atoms. The maximum atomic E-state index is 11.3. The van der Waals surface area contributed by atoms with E-state index in [1.165, 1.54) is 0 Å². The molecule has 0 atom stereocenters. The quantitative estimate of drug-likeness (QED) is 0.766. The lowest BCUT2D eigenvalue weighted by molar-refractivity contribution is 0.0650. The van der Waals surface area contributed by atoms with Crippen LogP contribution in [0.2, 0.25) is 0 Å². The van der Waals surface area contributed by atoms with Gasteiger partial charge in [-0.15, -0.1) is 0 Å². The van der Waals surface area contributed by atoms with E-state index in [2.05, 4.69) is 10.4 Å². The van der Waals surface area contributed by atoms with Gasteiger partial charge >= 0.3 is 0 Å². The minimum atomic E-state index is 0.328. The molecule has 0 bridgehead atoms. The Kier molecular flexibility index (Phi) is 2.94. The summed E-state index contributed by atoms with van der Waals surface area (Å²) in [7, 11) is 0. The SMILES string of the molecule is O=Cc1c2c(nn1C1CCOCC1)CNCC2. The number of hydrogen-bond donors (Lipinski definition) is 1. The first-order valence-electron chi connectivity index (χ1n) is 6.24. The zero-order chi connectivity index (χ0) is 11.7. The van der Waals surface area contributed by atoms with Gasteiger partial charge < -0.3 is 10.1 Å². The van der Waals surface area contributed by atoms with Crippen LogP contribution in [0.4, 0.5) is 0 Å². The molecule has 3 heterocycles. The fourth-order valence-corrected chi connectivity index (χ4v) is 2.70. The van der Waals surface area contributed by atoms with Crippen molar-refractivity contribution >= 4 is 6.29 Å². The minimum Gasteiger partial charge on any atom is -0.381 e. The summed E-state index contributed by atoms with van der Waals surface area (Å²) in [4.78, 5) is 11.3. The van der Waals surface area contributed by atoms with Crippen LogP contribution >= 0.6 is 0 Å². The lowest BCUT2D eigenvalue weighted by Gasteiger charge is -2.23. The Bertz CT molecular complexity index is 422. The molecule has 2 aliphatic rings. The molecule has 1 N–H and O–H groups in total. The molecule has 1 aromatic rings. The van der Waals surface area contributed by atoms with Crippen LogP contribution in [0.1, 0.15) is 40.6 Å². The molecule has 0 radical (unpaired) electrons. The summed E-state index contributed by atoms with van der Waals surface area (Å²) >= 11 is 0. The predicted molar refractivity (Wildman–Crippen MR) is 62.1 cm³/mol. The van der Waals surface area contributed by atoms with Crippen molar-refractivity contribution in [1.82, 2.24) is 15.1 Å². The number of nitrogens with one attached hydrogen (secondary N) is 1. The average Bonchev–Trinajstić information content (AvgIpc) is 2.78. The van der Waals surface area contributed by atoms with Gasteiger partial charge in [0.05, 0.1) is 11.7 Å². The van der Waals surface area contributed by atoms with Crippen molar-refractivity contribution in [3.8, 4) is 0 Å². The van der Waals surface area contributed by atoms with E-state index < -0.39 is 0 Å². The van der Waals surface area contributed by atoms with Gasteiger partial charge in [-0.05, 0) is 25.8 Å². The first-order valence-corrected chi connectivity index (χ1v) is 6.24. The van der Waals surface area contributed by atoms with Crippen molar-refractivity contribution in [3.63, 3.8) is 0 Å².